The SMILES string of the molecule is Cc1cc(C#N)ccc1C1(C)Oc2cccc(C)c2O1. The van der Waals surface area contributed by atoms with Crippen LogP contribution in [-0.2, 0) is 5.79 Å². The van der Waals surface area contributed by atoms with Crippen LogP contribution >= 0.6 is 0 Å². The van der Waals surface area contributed by atoms with E-state index in [0.717, 1.165) is 28.2 Å². The Kier molecular flexibility index (Phi) is 2.69. The Morgan fingerprint density at radius 2 is 1.85 bits per heavy atom. The van der Waals surface area contributed by atoms with Gasteiger partial charge in [0.2, 0.25) is 0 Å². The highest BCUT2D eigenvalue weighted by Gasteiger charge is 2.40. The number of nitriles is 1. The van der Waals surface area contributed by atoms with Crippen molar-refractivity contribution < 1.29 is 9.47 Å². The maximum Gasteiger partial charge on any atom is 0.275 e. The molecule has 1 unspecified atom stereocenters. The molecule has 1 heterocycles. The van der Waals surface area contributed by atoms with Gasteiger partial charge < -0.3 is 9.47 Å². The average molecular weight is 265 g/mol. The minimum Gasteiger partial charge on any atom is -0.445 e. The van der Waals surface area contributed by atoms with Crippen LogP contribution in [0.2, 0.25) is 0 Å². The molecule has 0 amide bonds. The van der Waals surface area contributed by atoms with Gasteiger partial charge in [0.1, 0.15) is 0 Å². The van der Waals surface area contributed by atoms with Crippen molar-refractivity contribution in [1.29, 1.82) is 5.26 Å². The summed E-state index contributed by atoms with van der Waals surface area (Å²) in [4.78, 5) is 0. The number of nitrogens with zero attached hydrogens (tertiary/aromatic N) is 1. The maximum atomic E-state index is 8.95. The van der Waals surface area contributed by atoms with Crippen LogP contribution < -0.4 is 9.47 Å². The first-order valence-electron chi connectivity index (χ1n) is 6.52. The number of para-hydroxylation sites is 1. The van der Waals surface area contributed by atoms with Crippen molar-refractivity contribution in [2.75, 3.05) is 0 Å². The molecule has 0 aliphatic carbocycles. The van der Waals surface area contributed by atoms with Gasteiger partial charge in [0, 0.05) is 12.5 Å². The van der Waals surface area contributed by atoms with E-state index in [0.29, 0.717) is 5.56 Å². The van der Waals surface area contributed by atoms with Gasteiger partial charge in [-0.15, -0.1) is 0 Å². The van der Waals surface area contributed by atoms with E-state index in [4.69, 9.17) is 14.7 Å². The van der Waals surface area contributed by atoms with E-state index in [1.54, 1.807) is 6.07 Å². The Morgan fingerprint density at radius 3 is 2.50 bits per heavy atom. The lowest BCUT2D eigenvalue weighted by atomic mass is 9.99. The van der Waals surface area contributed by atoms with Crippen LogP contribution in [0, 0.1) is 25.2 Å². The molecule has 0 fully saturated rings. The summed E-state index contributed by atoms with van der Waals surface area (Å²) in [5, 5.41) is 8.95. The van der Waals surface area contributed by atoms with Crippen molar-refractivity contribution in [3.63, 3.8) is 0 Å². The van der Waals surface area contributed by atoms with Crippen LogP contribution in [0.15, 0.2) is 36.4 Å². The Hall–Kier alpha value is -2.47. The lowest BCUT2D eigenvalue weighted by Gasteiger charge is -2.25. The molecule has 0 aromatic heterocycles. The number of aryl methyl sites for hydroxylation is 2. The minimum absolute atomic E-state index is 0.640. The summed E-state index contributed by atoms with van der Waals surface area (Å²) >= 11 is 0. The van der Waals surface area contributed by atoms with E-state index < -0.39 is 5.79 Å². The highest BCUT2D eigenvalue weighted by molar-refractivity contribution is 5.51. The monoisotopic (exact) mass is 265 g/mol. The molecule has 0 spiro atoms. The van der Waals surface area contributed by atoms with Gasteiger partial charge in [-0.25, -0.2) is 0 Å². The summed E-state index contributed by atoms with van der Waals surface area (Å²) in [6, 6.07) is 13.5. The third kappa shape index (κ3) is 1.81. The molecule has 1 atom stereocenters. The number of hydrogen-bond acceptors (Lipinski definition) is 3. The number of hydrogen-bond donors (Lipinski definition) is 0. The van der Waals surface area contributed by atoms with E-state index >= 15 is 0 Å². The first-order chi connectivity index (χ1) is 9.53. The third-order valence-corrected chi connectivity index (χ3v) is 3.62. The zero-order chi connectivity index (χ0) is 14.3. The van der Waals surface area contributed by atoms with Crippen LogP contribution in [0.3, 0.4) is 0 Å². The lowest BCUT2D eigenvalue weighted by molar-refractivity contribution is -0.0687. The molecule has 0 N–H and O–H groups in total. The number of rotatable bonds is 1. The average Bonchev–Trinajstić information content (AvgIpc) is 2.77. The summed E-state index contributed by atoms with van der Waals surface area (Å²) in [6.07, 6.45) is 0. The Morgan fingerprint density at radius 1 is 1.05 bits per heavy atom. The molecule has 0 radical (unpaired) electrons. The van der Waals surface area contributed by atoms with Gasteiger partial charge in [-0.1, -0.05) is 12.1 Å². The largest absolute Gasteiger partial charge is 0.445 e. The van der Waals surface area contributed by atoms with Crippen molar-refractivity contribution in [2.24, 2.45) is 0 Å². The van der Waals surface area contributed by atoms with Gasteiger partial charge in [-0.2, -0.15) is 5.26 Å². The normalized spacial score (nSPS) is 19.7. The van der Waals surface area contributed by atoms with Gasteiger partial charge in [-0.05, 0) is 49.2 Å². The fourth-order valence-electron chi connectivity index (χ4n) is 2.61. The van der Waals surface area contributed by atoms with Crippen LogP contribution in [0.5, 0.6) is 11.5 Å². The highest BCUT2D eigenvalue weighted by Crippen LogP contribution is 2.46. The first-order valence-corrected chi connectivity index (χ1v) is 6.52. The summed E-state index contributed by atoms with van der Waals surface area (Å²) in [7, 11) is 0. The Balaban J connectivity index is 2.05. The van der Waals surface area contributed by atoms with Crippen molar-refractivity contribution in [3.05, 3.63) is 58.7 Å². The van der Waals surface area contributed by atoms with Crippen LogP contribution in [0.25, 0.3) is 0 Å². The maximum absolute atomic E-state index is 8.95. The second-order valence-corrected chi connectivity index (χ2v) is 5.19. The summed E-state index contributed by atoms with van der Waals surface area (Å²) in [6.45, 7) is 5.87. The standard InChI is InChI=1S/C17H15NO2/c1-11-5-4-6-15-16(11)20-17(3,19-15)14-8-7-13(10-18)9-12(14)2/h4-9H,1-3H3. The van der Waals surface area contributed by atoms with E-state index in [9.17, 15) is 0 Å². The van der Waals surface area contributed by atoms with Crippen LogP contribution in [0.1, 0.15) is 29.2 Å². The quantitative estimate of drug-likeness (QED) is 0.787. The van der Waals surface area contributed by atoms with Crippen LogP contribution in [-0.4, -0.2) is 0 Å². The zero-order valence-corrected chi connectivity index (χ0v) is 11.7. The molecule has 2 aromatic carbocycles. The fraction of sp³-hybridized carbons (Fsp3) is 0.235. The molecular formula is C17H15NO2. The van der Waals surface area contributed by atoms with Crippen molar-refractivity contribution in [1.82, 2.24) is 0 Å². The van der Waals surface area contributed by atoms with E-state index in [2.05, 4.69) is 6.07 Å². The van der Waals surface area contributed by atoms with Crippen molar-refractivity contribution in [2.45, 2.75) is 26.6 Å². The molecule has 0 bridgehead atoms. The molecule has 1 aliphatic heterocycles. The molecule has 100 valence electrons. The summed E-state index contributed by atoms with van der Waals surface area (Å²) < 4.78 is 12.1. The molecule has 3 heteroatoms. The smallest absolute Gasteiger partial charge is 0.275 e. The topological polar surface area (TPSA) is 42.2 Å². The van der Waals surface area contributed by atoms with Gasteiger partial charge >= 0.3 is 0 Å². The van der Waals surface area contributed by atoms with E-state index in [1.165, 1.54) is 0 Å². The predicted molar refractivity (Wildman–Crippen MR) is 75.7 cm³/mol. The first kappa shape index (κ1) is 12.6. The van der Waals surface area contributed by atoms with Gasteiger partial charge in [0.25, 0.3) is 5.79 Å². The molecule has 3 nitrogen and oxygen atoms in total. The number of ether oxygens (including phenoxy) is 2. The summed E-state index contributed by atoms with van der Waals surface area (Å²) in [5.41, 5.74) is 3.61. The molecule has 0 saturated heterocycles. The van der Waals surface area contributed by atoms with Gasteiger partial charge in [0.05, 0.1) is 11.6 Å². The van der Waals surface area contributed by atoms with E-state index in [-0.39, 0.29) is 0 Å². The number of benzene rings is 2. The molecular weight excluding hydrogens is 250 g/mol. The Bertz CT molecular complexity index is 730. The highest BCUT2D eigenvalue weighted by atomic mass is 16.7. The Labute approximate surface area is 118 Å². The van der Waals surface area contributed by atoms with Crippen molar-refractivity contribution in [3.8, 4) is 17.6 Å². The number of fused-ring (bicyclic) bond motifs is 1. The minimum atomic E-state index is -0.841. The molecule has 0 saturated carbocycles. The van der Waals surface area contributed by atoms with Crippen LogP contribution in [0.4, 0.5) is 0 Å². The molecule has 1 aliphatic rings. The van der Waals surface area contributed by atoms with Gasteiger partial charge in [-0.3, -0.25) is 0 Å². The zero-order valence-electron chi connectivity index (χ0n) is 11.7. The second-order valence-electron chi connectivity index (χ2n) is 5.19. The van der Waals surface area contributed by atoms with Gasteiger partial charge in [0.15, 0.2) is 11.5 Å². The lowest BCUT2D eigenvalue weighted by Crippen LogP contribution is -2.32. The predicted octanol–water partition coefficient (Wildman–Crippen LogP) is 3.82. The fourth-order valence-corrected chi connectivity index (χ4v) is 2.61. The van der Waals surface area contributed by atoms with E-state index in [1.807, 2.05) is 51.1 Å². The molecule has 2 aromatic rings. The summed E-state index contributed by atoms with van der Waals surface area (Å²) in [5.74, 6) is 0.710. The third-order valence-electron chi connectivity index (χ3n) is 3.62. The molecule has 20 heavy (non-hydrogen) atoms. The molecule has 3 rings (SSSR count). The second kappa shape index (κ2) is 4.28. The van der Waals surface area contributed by atoms with Crippen molar-refractivity contribution >= 4 is 0 Å².